The minimum absolute atomic E-state index is 0.153. The molecule has 1 aliphatic rings. The predicted molar refractivity (Wildman–Crippen MR) is 78.6 cm³/mol. The molecule has 1 atom stereocenters. The van der Waals surface area contributed by atoms with Gasteiger partial charge >= 0.3 is 0 Å². The van der Waals surface area contributed by atoms with Crippen LogP contribution in [0.4, 0.5) is 8.78 Å². The van der Waals surface area contributed by atoms with Gasteiger partial charge in [-0.1, -0.05) is 6.07 Å². The van der Waals surface area contributed by atoms with Gasteiger partial charge in [-0.2, -0.15) is 0 Å². The summed E-state index contributed by atoms with van der Waals surface area (Å²) in [6.45, 7) is 3.12. The molecule has 6 heteroatoms. The second-order valence-electron chi connectivity index (χ2n) is 5.02. The van der Waals surface area contributed by atoms with E-state index in [9.17, 15) is 13.9 Å². The van der Waals surface area contributed by atoms with E-state index in [0.717, 1.165) is 43.2 Å². The highest BCUT2D eigenvalue weighted by Gasteiger charge is 2.29. The van der Waals surface area contributed by atoms with E-state index in [0.29, 0.717) is 0 Å². The highest BCUT2D eigenvalue weighted by Crippen LogP contribution is 2.38. The molecule has 1 aromatic carbocycles. The van der Waals surface area contributed by atoms with Crippen molar-refractivity contribution in [2.24, 2.45) is 0 Å². The van der Waals surface area contributed by atoms with Gasteiger partial charge in [0.2, 0.25) is 0 Å². The van der Waals surface area contributed by atoms with Crippen LogP contribution in [-0.4, -0.2) is 36.2 Å². The standard InChI is InChI=1S/C15H16F2N2OS/c16-10-8-11(17)14(12(20)9-10)15(13-2-1-7-21-13)19-5-3-18-4-6-19/h1-2,7-9,15,18,20H,3-6H2/t15-/m0/s1. The Morgan fingerprint density at radius 1 is 1.24 bits per heavy atom. The van der Waals surface area contributed by atoms with Crippen molar-refractivity contribution in [2.75, 3.05) is 26.2 Å². The van der Waals surface area contributed by atoms with Crippen molar-refractivity contribution in [3.05, 3.63) is 51.7 Å². The molecule has 0 unspecified atom stereocenters. The van der Waals surface area contributed by atoms with Crippen LogP contribution in [0.15, 0.2) is 29.6 Å². The van der Waals surface area contributed by atoms with Gasteiger partial charge in [-0.05, 0) is 11.4 Å². The van der Waals surface area contributed by atoms with E-state index in [1.807, 2.05) is 17.5 Å². The average Bonchev–Trinajstić information content (AvgIpc) is 2.97. The zero-order valence-corrected chi connectivity index (χ0v) is 12.2. The van der Waals surface area contributed by atoms with Crippen LogP contribution in [0.5, 0.6) is 5.75 Å². The number of piperazine rings is 1. The third-order valence-corrected chi connectivity index (χ3v) is 4.60. The van der Waals surface area contributed by atoms with Crippen molar-refractivity contribution in [1.82, 2.24) is 10.2 Å². The van der Waals surface area contributed by atoms with E-state index in [-0.39, 0.29) is 17.4 Å². The number of hydrogen-bond donors (Lipinski definition) is 2. The summed E-state index contributed by atoms with van der Waals surface area (Å²) in [6, 6.07) is 5.24. The van der Waals surface area contributed by atoms with Gasteiger partial charge in [-0.3, -0.25) is 4.90 Å². The molecule has 0 amide bonds. The number of benzene rings is 1. The highest BCUT2D eigenvalue weighted by atomic mass is 32.1. The van der Waals surface area contributed by atoms with Gasteiger partial charge in [0.1, 0.15) is 17.4 Å². The summed E-state index contributed by atoms with van der Waals surface area (Å²) in [5, 5.41) is 15.2. The smallest absolute Gasteiger partial charge is 0.134 e. The molecule has 3 rings (SSSR count). The van der Waals surface area contributed by atoms with Gasteiger partial charge in [0.15, 0.2) is 0 Å². The molecule has 0 bridgehead atoms. The molecular weight excluding hydrogens is 294 g/mol. The molecule has 0 saturated carbocycles. The van der Waals surface area contributed by atoms with Crippen molar-refractivity contribution in [1.29, 1.82) is 0 Å². The van der Waals surface area contributed by atoms with Gasteiger partial charge in [0, 0.05) is 43.2 Å². The van der Waals surface area contributed by atoms with Gasteiger partial charge < -0.3 is 10.4 Å². The Morgan fingerprint density at radius 3 is 2.62 bits per heavy atom. The van der Waals surface area contributed by atoms with Gasteiger partial charge in [0.05, 0.1) is 11.6 Å². The summed E-state index contributed by atoms with van der Waals surface area (Å²) in [5.41, 5.74) is 0.153. The summed E-state index contributed by atoms with van der Waals surface area (Å²) in [7, 11) is 0. The molecule has 3 nitrogen and oxygen atoms in total. The zero-order valence-electron chi connectivity index (χ0n) is 11.4. The van der Waals surface area contributed by atoms with Gasteiger partial charge in [-0.15, -0.1) is 11.3 Å². The van der Waals surface area contributed by atoms with Gasteiger partial charge in [-0.25, -0.2) is 8.78 Å². The van der Waals surface area contributed by atoms with Crippen LogP contribution in [0.3, 0.4) is 0 Å². The Balaban J connectivity index is 2.07. The van der Waals surface area contributed by atoms with Crippen molar-refractivity contribution >= 4 is 11.3 Å². The van der Waals surface area contributed by atoms with E-state index < -0.39 is 11.6 Å². The first kappa shape index (κ1) is 14.4. The molecule has 1 aliphatic heterocycles. The van der Waals surface area contributed by atoms with Crippen LogP contribution in [-0.2, 0) is 0 Å². The Bertz CT molecular complexity index is 589. The second-order valence-corrected chi connectivity index (χ2v) is 6.00. The molecule has 2 heterocycles. The van der Waals surface area contributed by atoms with Crippen LogP contribution in [0.25, 0.3) is 0 Å². The van der Waals surface area contributed by atoms with Crippen LogP contribution >= 0.6 is 11.3 Å². The molecule has 1 aromatic heterocycles. The maximum Gasteiger partial charge on any atom is 0.134 e. The van der Waals surface area contributed by atoms with Crippen LogP contribution in [0.2, 0.25) is 0 Å². The number of halogens is 2. The first-order valence-corrected chi connectivity index (χ1v) is 7.71. The van der Waals surface area contributed by atoms with Crippen molar-refractivity contribution in [3.8, 4) is 5.75 Å². The summed E-state index contributed by atoms with van der Waals surface area (Å²) in [6.07, 6.45) is 0. The SMILES string of the molecule is Oc1cc(F)cc(F)c1[C@H](c1cccs1)N1CCNCC1. The maximum absolute atomic E-state index is 14.3. The Morgan fingerprint density at radius 2 is 2.00 bits per heavy atom. The Hall–Kier alpha value is -1.50. The second kappa shape index (κ2) is 6.09. The topological polar surface area (TPSA) is 35.5 Å². The van der Waals surface area contributed by atoms with Crippen molar-refractivity contribution in [2.45, 2.75) is 6.04 Å². The first-order chi connectivity index (χ1) is 10.2. The molecule has 0 aliphatic carbocycles. The number of nitrogens with one attached hydrogen (secondary N) is 1. The first-order valence-electron chi connectivity index (χ1n) is 6.83. The lowest BCUT2D eigenvalue weighted by Crippen LogP contribution is -2.45. The lowest BCUT2D eigenvalue weighted by molar-refractivity contribution is 0.194. The maximum atomic E-state index is 14.3. The quantitative estimate of drug-likeness (QED) is 0.915. The van der Waals surface area contributed by atoms with Crippen LogP contribution in [0, 0.1) is 11.6 Å². The number of rotatable bonds is 3. The lowest BCUT2D eigenvalue weighted by atomic mass is 10.0. The number of phenolic OH excluding ortho intramolecular Hbond substituents is 1. The van der Waals surface area contributed by atoms with E-state index >= 15 is 0 Å². The monoisotopic (exact) mass is 310 g/mol. The predicted octanol–water partition coefficient (Wildman–Crippen LogP) is 2.73. The van der Waals surface area contributed by atoms with Crippen LogP contribution < -0.4 is 5.32 Å². The molecule has 21 heavy (non-hydrogen) atoms. The molecular formula is C15H16F2N2OS. The van der Waals surface area contributed by atoms with Crippen molar-refractivity contribution < 1.29 is 13.9 Å². The molecule has 2 aromatic rings. The lowest BCUT2D eigenvalue weighted by Gasteiger charge is -2.35. The molecule has 1 fully saturated rings. The van der Waals surface area contributed by atoms with E-state index in [4.69, 9.17) is 0 Å². The molecule has 0 radical (unpaired) electrons. The minimum Gasteiger partial charge on any atom is -0.507 e. The summed E-state index contributed by atoms with van der Waals surface area (Å²) in [4.78, 5) is 3.05. The number of nitrogens with zero attached hydrogens (tertiary/aromatic N) is 1. The Labute approximate surface area is 125 Å². The zero-order chi connectivity index (χ0) is 14.8. The summed E-state index contributed by atoms with van der Waals surface area (Å²) < 4.78 is 27.5. The fraction of sp³-hybridized carbons (Fsp3) is 0.333. The third-order valence-electron chi connectivity index (χ3n) is 3.68. The van der Waals surface area contributed by atoms with Crippen molar-refractivity contribution in [3.63, 3.8) is 0 Å². The van der Waals surface area contributed by atoms with E-state index in [2.05, 4.69) is 10.2 Å². The summed E-state index contributed by atoms with van der Waals surface area (Å²) >= 11 is 1.51. The molecule has 0 spiro atoms. The number of phenols is 1. The average molecular weight is 310 g/mol. The third kappa shape index (κ3) is 2.92. The number of hydrogen-bond acceptors (Lipinski definition) is 4. The summed E-state index contributed by atoms with van der Waals surface area (Å²) in [5.74, 6) is -1.80. The van der Waals surface area contributed by atoms with Gasteiger partial charge in [0.25, 0.3) is 0 Å². The molecule has 1 saturated heterocycles. The van der Waals surface area contributed by atoms with E-state index in [1.165, 1.54) is 11.3 Å². The normalized spacial score (nSPS) is 17.8. The van der Waals surface area contributed by atoms with Crippen LogP contribution in [0.1, 0.15) is 16.5 Å². The largest absolute Gasteiger partial charge is 0.507 e. The number of aromatic hydroxyl groups is 1. The molecule has 2 N–H and O–H groups in total. The minimum atomic E-state index is -0.765. The Kier molecular flexibility index (Phi) is 4.19. The van der Waals surface area contributed by atoms with E-state index in [1.54, 1.807) is 0 Å². The highest BCUT2D eigenvalue weighted by molar-refractivity contribution is 7.10. The number of thiophene rings is 1. The fourth-order valence-corrected chi connectivity index (χ4v) is 3.60. The fourth-order valence-electron chi connectivity index (χ4n) is 2.73. The molecule has 112 valence electrons.